The number of anilines is 3. The van der Waals surface area contributed by atoms with Crippen molar-refractivity contribution in [1.29, 1.82) is 0 Å². The molecular formula is C36H35N3O6. The molecule has 0 unspecified atom stereocenters. The van der Waals surface area contributed by atoms with Crippen molar-refractivity contribution in [1.82, 2.24) is 0 Å². The quantitative estimate of drug-likeness (QED) is 0.0557. The molecule has 0 aliphatic carbocycles. The SMILES string of the molecule is CCOC(=O)O/N=C(\C)c1ccc(N(c2ccc(C(=O)c3cccc(C)c3)cc2)c2ccc(C(C)=NOC(=O)CC)cc2)cc1. The zero-order valence-electron chi connectivity index (χ0n) is 25.9. The molecule has 0 heterocycles. The maximum atomic E-state index is 13.2. The molecular weight excluding hydrogens is 570 g/mol. The summed E-state index contributed by atoms with van der Waals surface area (Å²) < 4.78 is 4.76. The van der Waals surface area contributed by atoms with Gasteiger partial charge in [-0.25, -0.2) is 9.59 Å². The molecule has 4 aromatic carbocycles. The molecule has 0 fully saturated rings. The van der Waals surface area contributed by atoms with Crippen molar-refractivity contribution in [3.63, 3.8) is 0 Å². The predicted octanol–water partition coefficient (Wildman–Crippen LogP) is 8.27. The fraction of sp³-hybridized carbons (Fsp3) is 0.194. The van der Waals surface area contributed by atoms with Crippen molar-refractivity contribution in [3.8, 4) is 0 Å². The Bertz CT molecular complexity index is 1710. The standard InChI is InChI=1S/C36H35N3O6/c1-6-34(40)44-37-25(4)27-11-17-31(18-12-27)39(32-19-13-28(14-20-32)26(5)38-45-36(42)43-7-2)33-21-15-29(16-22-33)35(41)30-10-8-9-24(3)23-30/h8-23H,6-7H2,1-5H3/b37-25?,38-26+. The van der Waals surface area contributed by atoms with Gasteiger partial charge >= 0.3 is 12.1 Å². The van der Waals surface area contributed by atoms with Crippen molar-refractivity contribution in [3.05, 3.63) is 125 Å². The van der Waals surface area contributed by atoms with Gasteiger partial charge in [0, 0.05) is 34.6 Å². The Morgan fingerprint density at radius 2 is 1.13 bits per heavy atom. The lowest BCUT2D eigenvalue weighted by Crippen LogP contribution is -2.11. The molecule has 0 atom stereocenters. The summed E-state index contributed by atoms with van der Waals surface area (Å²) >= 11 is 0. The molecule has 0 bridgehead atoms. The molecule has 0 aliphatic heterocycles. The Hall–Kier alpha value is -5.57. The average molecular weight is 606 g/mol. The second kappa shape index (κ2) is 15.2. The third kappa shape index (κ3) is 8.51. The molecule has 0 aromatic heterocycles. The topological polar surface area (TPSA) is 107 Å². The lowest BCUT2D eigenvalue weighted by Gasteiger charge is -2.26. The molecule has 0 spiro atoms. The number of hydrogen-bond acceptors (Lipinski definition) is 9. The second-order valence-corrected chi connectivity index (χ2v) is 10.1. The van der Waals surface area contributed by atoms with E-state index >= 15 is 0 Å². The van der Waals surface area contributed by atoms with E-state index in [2.05, 4.69) is 10.3 Å². The summed E-state index contributed by atoms with van der Waals surface area (Å²) in [5.74, 6) is -0.457. The number of carbonyl (C=O) groups is 3. The Kier molecular flexibility index (Phi) is 11.0. The van der Waals surface area contributed by atoms with Crippen molar-refractivity contribution in [2.45, 2.75) is 41.0 Å². The maximum absolute atomic E-state index is 13.2. The number of benzene rings is 4. The van der Waals surface area contributed by atoms with E-state index in [4.69, 9.17) is 14.4 Å². The molecule has 4 rings (SSSR count). The van der Waals surface area contributed by atoms with Gasteiger partial charge in [0.2, 0.25) is 0 Å². The third-order valence-electron chi connectivity index (χ3n) is 6.85. The van der Waals surface area contributed by atoms with Crippen LogP contribution in [0.2, 0.25) is 0 Å². The lowest BCUT2D eigenvalue weighted by molar-refractivity contribution is -0.143. The molecule has 0 amide bonds. The van der Waals surface area contributed by atoms with Crippen LogP contribution >= 0.6 is 0 Å². The van der Waals surface area contributed by atoms with E-state index in [0.717, 1.165) is 33.8 Å². The summed E-state index contributed by atoms with van der Waals surface area (Å²) in [6.45, 7) is 9.05. The van der Waals surface area contributed by atoms with Crippen LogP contribution < -0.4 is 4.90 Å². The number of carbonyl (C=O) groups excluding carboxylic acids is 3. The van der Waals surface area contributed by atoms with Crippen molar-refractivity contribution >= 4 is 46.4 Å². The Balaban J connectivity index is 1.67. The van der Waals surface area contributed by atoms with E-state index in [1.54, 1.807) is 27.7 Å². The molecule has 0 aliphatic rings. The first kappa shape index (κ1) is 32.3. The molecule has 0 saturated heterocycles. The van der Waals surface area contributed by atoms with Gasteiger partial charge in [0.05, 0.1) is 18.0 Å². The fourth-order valence-corrected chi connectivity index (χ4v) is 4.40. The highest BCUT2D eigenvalue weighted by Crippen LogP contribution is 2.35. The van der Waals surface area contributed by atoms with Gasteiger partial charge in [-0.2, -0.15) is 0 Å². The minimum atomic E-state index is -0.865. The number of aryl methyl sites for hydroxylation is 1. The first-order valence-corrected chi connectivity index (χ1v) is 14.5. The van der Waals surface area contributed by atoms with Crippen LogP contribution in [0, 0.1) is 6.92 Å². The summed E-state index contributed by atoms with van der Waals surface area (Å²) in [4.78, 5) is 48.0. The first-order chi connectivity index (χ1) is 21.7. The molecule has 9 heteroatoms. The highest BCUT2D eigenvalue weighted by molar-refractivity contribution is 6.09. The number of oxime groups is 2. The minimum Gasteiger partial charge on any atom is -0.433 e. The molecule has 0 saturated carbocycles. The van der Waals surface area contributed by atoms with Crippen LogP contribution in [0.25, 0.3) is 0 Å². The van der Waals surface area contributed by atoms with Gasteiger partial charge in [-0.1, -0.05) is 65.3 Å². The van der Waals surface area contributed by atoms with E-state index in [0.29, 0.717) is 22.6 Å². The van der Waals surface area contributed by atoms with Gasteiger partial charge in [0.25, 0.3) is 0 Å². The minimum absolute atomic E-state index is 0.0520. The van der Waals surface area contributed by atoms with E-state index < -0.39 is 12.1 Å². The van der Waals surface area contributed by atoms with E-state index in [1.807, 2.05) is 109 Å². The number of ether oxygens (including phenoxy) is 1. The number of nitrogens with zero attached hydrogens (tertiary/aromatic N) is 3. The second-order valence-electron chi connectivity index (χ2n) is 10.1. The molecule has 9 nitrogen and oxygen atoms in total. The lowest BCUT2D eigenvalue weighted by atomic mass is 10.0. The van der Waals surface area contributed by atoms with Gasteiger partial charge in [-0.15, -0.1) is 0 Å². The molecule has 4 aromatic rings. The summed E-state index contributed by atoms with van der Waals surface area (Å²) in [5, 5.41) is 7.82. The Morgan fingerprint density at radius 1 is 0.644 bits per heavy atom. The van der Waals surface area contributed by atoms with Crippen LogP contribution in [-0.2, 0) is 19.2 Å². The van der Waals surface area contributed by atoms with Crippen LogP contribution in [0.3, 0.4) is 0 Å². The molecule has 0 radical (unpaired) electrons. The predicted molar refractivity (Wildman–Crippen MR) is 175 cm³/mol. The largest absolute Gasteiger partial charge is 0.535 e. The summed E-state index contributed by atoms with van der Waals surface area (Å²) in [6, 6.07) is 30.2. The van der Waals surface area contributed by atoms with Crippen molar-refractivity contribution < 1.29 is 28.8 Å². The molecule has 45 heavy (non-hydrogen) atoms. The monoisotopic (exact) mass is 605 g/mol. The normalized spacial score (nSPS) is 11.5. The van der Waals surface area contributed by atoms with Gasteiger partial charge in [-0.05, 0) is 93.4 Å². The summed E-state index contributed by atoms with van der Waals surface area (Å²) in [5.41, 5.74) is 7.37. The average Bonchev–Trinajstić information content (AvgIpc) is 3.06. The summed E-state index contributed by atoms with van der Waals surface area (Å²) in [6.07, 6.45) is -0.626. The number of hydrogen-bond donors (Lipinski definition) is 0. The van der Waals surface area contributed by atoms with Crippen molar-refractivity contribution in [2.75, 3.05) is 11.5 Å². The van der Waals surface area contributed by atoms with E-state index in [-0.39, 0.29) is 18.8 Å². The molecule has 230 valence electrons. The smallest absolute Gasteiger partial charge is 0.433 e. The first-order valence-electron chi connectivity index (χ1n) is 14.5. The van der Waals surface area contributed by atoms with Crippen LogP contribution in [0.15, 0.2) is 107 Å². The number of ketones is 1. The third-order valence-corrected chi connectivity index (χ3v) is 6.85. The van der Waals surface area contributed by atoms with Crippen LogP contribution in [0.5, 0.6) is 0 Å². The highest BCUT2D eigenvalue weighted by Gasteiger charge is 2.16. The van der Waals surface area contributed by atoms with E-state index in [1.165, 1.54) is 0 Å². The van der Waals surface area contributed by atoms with Gasteiger partial charge < -0.3 is 14.5 Å². The van der Waals surface area contributed by atoms with E-state index in [9.17, 15) is 14.4 Å². The van der Waals surface area contributed by atoms with Gasteiger partial charge in [0.1, 0.15) is 0 Å². The molecule has 0 N–H and O–H groups in total. The van der Waals surface area contributed by atoms with Crippen LogP contribution in [0.1, 0.15) is 66.7 Å². The van der Waals surface area contributed by atoms with Crippen LogP contribution in [0.4, 0.5) is 21.9 Å². The fourth-order valence-electron chi connectivity index (χ4n) is 4.40. The van der Waals surface area contributed by atoms with Crippen LogP contribution in [-0.4, -0.2) is 35.9 Å². The number of rotatable bonds is 11. The van der Waals surface area contributed by atoms with Gasteiger partial charge in [0.15, 0.2) is 5.78 Å². The Morgan fingerprint density at radius 3 is 1.60 bits per heavy atom. The van der Waals surface area contributed by atoms with Gasteiger partial charge in [-0.3, -0.25) is 9.63 Å². The highest BCUT2D eigenvalue weighted by atomic mass is 16.8. The zero-order valence-corrected chi connectivity index (χ0v) is 25.9. The Labute approximate surface area is 262 Å². The summed E-state index contributed by atoms with van der Waals surface area (Å²) in [7, 11) is 0. The maximum Gasteiger partial charge on any atom is 0.535 e. The van der Waals surface area contributed by atoms with Crippen molar-refractivity contribution in [2.24, 2.45) is 10.3 Å². The zero-order chi connectivity index (χ0) is 32.3.